The summed E-state index contributed by atoms with van der Waals surface area (Å²) >= 11 is 0. The van der Waals surface area contributed by atoms with Crippen LogP contribution in [-0.2, 0) is 20.7 Å². The van der Waals surface area contributed by atoms with E-state index in [0.29, 0.717) is 5.78 Å². The van der Waals surface area contributed by atoms with Crippen LogP contribution in [0.1, 0.15) is 62.4 Å². The fourth-order valence-electron chi connectivity index (χ4n) is 6.47. The van der Waals surface area contributed by atoms with Crippen molar-refractivity contribution in [2.45, 2.75) is 77.4 Å². The van der Waals surface area contributed by atoms with Crippen LogP contribution in [0.25, 0.3) is 5.78 Å². The number of hydrogen-bond donors (Lipinski definition) is 1. The van der Waals surface area contributed by atoms with E-state index in [0.717, 1.165) is 54.0 Å². The van der Waals surface area contributed by atoms with E-state index in [1.165, 1.54) is 25.6 Å². The van der Waals surface area contributed by atoms with Crippen LogP contribution in [0.5, 0.6) is 0 Å². The Morgan fingerprint density at radius 3 is 2.47 bits per heavy atom. The lowest BCUT2D eigenvalue weighted by Gasteiger charge is -2.57. The zero-order chi connectivity index (χ0) is 21.0. The summed E-state index contributed by atoms with van der Waals surface area (Å²) in [5, 5.41) is 7.43. The molecule has 2 heterocycles. The average Bonchev–Trinajstić information content (AvgIpc) is 3.12. The first-order valence-corrected chi connectivity index (χ1v) is 11.0. The molecule has 0 radical (unpaired) electrons. The van der Waals surface area contributed by atoms with Crippen LogP contribution in [0.15, 0.2) is 6.33 Å². The van der Waals surface area contributed by atoms with Gasteiger partial charge in [-0.05, 0) is 77.0 Å². The minimum Gasteiger partial charge on any atom is -0.452 e. The number of amides is 1. The molecule has 2 aromatic rings. The van der Waals surface area contributed by atoms with Crippen LogP contribution < -0.4 is 5.32 Å². The number of nitrogens with one attached hydrogen (secondary N) is 1. The van der Waals surface area contributed by atoms with E-state index < -0.39 is 12.1 Å². The van der Waals surface area contributed by atoms with Gasteiger partial charge in [0.1, 0.15) is 6.33 Å². The van der Waals surface area contributed by atoms with E-state index in [9.17, 15) is 9.59 Å². The van der Waals surface area contributed by atoms with Gasteiger partial charge in [0.15, 0.2) is 6.10 Å². The Balaban J connectivity index is 1.23. The normalized spacial score (nSPS) is 30.4. The summed E-state index contributed by atoms with van der Waals surface area (Å²) in [7, 11) is 0. The van der Waals surface area contributed by atoms with Gasteiger partial charge in [0.2, 0.25) is 0 Å². The number of carbonyl (C=O) groups is 2. The molecule has 0 aliphatic heterocycles. The standard InChI is InChI=1S/C22H29N5O3/c1-12-18(13(2)27-21(25-12)23-11-24-27)7-19(28)30-14(3)20(29)26-22-8-15-4-16(9-22)6-17(5-15)10-22/h11,14-17H,4-10H2,1-3H3,(H,26,29)/t14-,15?,16?,17?,22?/m0/s1. The third-order valence-corrected chi connectivity index (χ3v) is 7.41. The molecule has 4 aliphatic carbocycles. The summed E-state index contributed by atoms with van der Waals surface area (Å²) in [5.41, 5.74) is 2.20. The fraction of sp³-hybridized carbons (Fsp3) is 0.682. The minimum atomic E-state index is -0.811. The Morgan fingerprint density at radius 2 is 1.83 bits per heavy atom. The summed E-state index contributed by atoms with van der Waals surface area (Å²) in [6.07, 6.45) is 7.87. The number of aryl methyl sites for hydroxylation is 2. The highest BCUT2D eigenvalue weighted by molar-refractivity contribution is 5.84. The summed E-state index contributed by atoms with van der Waals surface area (Å²) in [6, 6.07) is 0. The number of fused-ring (bicyclic) bond motifs is 1. The maximum atomic E-state index is 12.9. The highest BCUT2D eigenvalue weighted by atomic mass is 16.5. The average molecular weight is 412 g/mol. The molecule has 0 spiro atoms. The maximum absolute atomic E-state index is 12.9. The lowest BCUT2D eigenvalue weighted by atomic mass is 9.53. The first-order chi connectivity index (χ1) is 14.3. The second-order valence-corrected chi connectivity index (χ2v) is 9.73. The predicted molar refractivity (Wildman–Crippen MR) is 109 cm³/mol. The van der Waals surface area contributed by atoms with E-state index in [1.54, 1.807) is 11.4 Å². The Morgan fingerprint density at radius 1 is 1.20 bits per heavy atom. The van der Waals surface area contributed by atoms with E-state index in [1.807, 2.05) is 13.8 Å². The minimum absolute atomic E-state index is 0.0510. The van der Waals surface area contributed by atoms with Gasteiger partial charge in [0.25, 0.3) is 11.7 Å². The number of ether oxygens (including phenoxy) is 1. The van der Waals surface area contributed by atoms with Crippen molar-refractivity contribution < 1.29 is 14.3 Å². The van der Waals surface area contributed by atoms with E-state index >= 15 is 0 Å². The van der Waals surface area contributed by atoms with E-state index in [2.05, 4.69) is 20.4 Å². The Labute approximate surface area is 175 Å². The molecule has 1 atom stereocenters. The molecule has 8 heteroatoms. The molecule has 4 fully saturated rings. The van der Waals surface area contributed by atoms with Crippen LogP contribution in [0.4, 0.5) is 0 Å². The van der Waals surface area contributed by atoms with Crippen LogP contribution in [0, 0.1) is 31.6 Å². The fourth-order valence-corrected chi connectivity index (χ4v) is 6.47. The van der Waals surface area contributed by atoms with Gasteiger partial charge in [-0.1, -0.05) is 0 Å². The van der Waals surface area contributed by atoms with Crippen molar-refractivity contribution in [2.24, 2.45) is 17.8 Å². The van der Waals surface area contributed by atoms with Gasteiger partial charge in [0, 0.05) is 22.5 Å². The molecule has 1 N–H and O–H groups in total. The Kier molecular flexibility index (Phi) is 4.56. The van der Waals surface area contributed by atoms with Crippen molar-refractivity contribution >= 4 is 17.7 Å². The molecule has 1 amide bonds. The third-order valence-electron chi connectivity index (χ3n) is 7.41. The molecule has 6 rings (SSSR count). The number of carbonyl (C=O) groups excluding carboxylic acids is 2. The second kappa shape index (κ2) is 7.03. The van der Waals surface area contributed by atoms with Gasteiger partial charge < -0.3 is 10.1 Å². The SMILES string of the molecule is Cc1nc2ncnn2c(C)c1CC(=O)O[C@@H](C)C(=O)NC12CC3CC(CC(C3)C1)C2. The van der Waals surface area contributed by atoms with Crippen molar-refractivity contribution in [1.29, 1.82) is 0 Å². The Hall–Kier alpha value is -2.51. The summed E-state index contributed by atoms with van der Waals surface area (Å²) in [6.45, 7) is 5.38. The van der Waals surface area contributed by atoms with Crippen LogP contribution in [-0.4, -0.2) is 43.1 Å². The highest BCUT2D eigenvalue weighted by Crippen LogP contribution is 2.55. The van der Waals surface area contributed by atoms with Gasteiger partial charge in [0.05, 0.1) is 6.42 Å². The summed E-state index contributed by atoms with van der Waals surface area (Å²) in [4.78, 5) is 33.9. The molecule has 160 valence electrons. The topological polar surface area (TPSA) is 98.5 Å². The lowest BCUT2D eigenvalue weighted by Crippen LogP contribution is -2.61. The lowest BCUT2D eigenvalue weighted by molar-refractivity contribution is -0.156. The van der Waals surface area contributed by atoms with Gasteiger partial charge in [-0.3, -0.25) is 9.59 Å². The first-order valence-electron chi connectivity index (χ1n) is 11.0. The number of hydrogen-bond acceptors (Lipinski definition) is 6. The molecule has 0 saturated heterocycles. The molecule has 4 aliphatic rings. The molecule has 0 unspecified atom stereocenters. The smallest absolute Gasteiger partial charge is 0.311 e. The highest BCUT2D eigenvalue weighted by Gasteiger charge is 2.51. The molecule has 4 saturated carbocycles. The number of nitrogens with zero attached hydrogens (tertiary/aromatic N) is 4. The molecular weight excluding hydrogens is 382 g/mol. The van der Waals surface area contributed by atoms with E-state index in [4.69, 9.17) is 4.74 Å². The van der Waals surface area contributed by atoms with Crippen LogP contribution in [0.3, 0.4) is 0 Å². The number of esters is 1. The summed E-state index contributed by atoms with van der Waals surface area (Å²) in [5.74, 6) is 2.14. The quantitative estimate of drug-likeness (QED) is 0.758. The van der Waals surface area contributed by atoms with Crippen molar-refractivity contribution in [3.63, 3.8) is 0 Å². The molecule has 0 aromatic carbocycles. The van der Waals surface area contributed by atoms with Crippen molar-refractivity contribution in [1.82, 2.24) is 24.9 Å². The van der Waals surface area contributed by atoms with Gasteiger partial charge >= 0.3 is 5.97 Å². The second-order valence-electron chi connectivity index (χ2n) is 9.73. The van der Waals surface area contributed by atoms with Crippen molar-refractivity contribution in [2.75, 3.05) is 0 Å². The molecule has 8 nitrogen and oxygen atoms in total. The monoisotopic (exact) mass is 411 g/mol. The predicted octanol–water partition coefficient (Wildman–Crippen LogP) is 2.30. The third kappa shape index (κ3) is 3.36. The number of rotatable bonds is 5. The molecule has 4 bridgehead atoms. The summed E-state index contributed by atoms with van der Waals surface area (Å²) < 4.78 is 7.12. The molecular formula is C22H29N5O3. The zero-order valence-corrected chi connectivity index (χ0v) is 17.9. The van der Waals surface area contributed by atoms with Crippen LogP contribution >= 0.6 is 0 Å². The van der Waals surface area contributed by atoms with Crippen molar-refractivity contribution in [3.05, 3.63) is 23.3 Å². The maximum Gasteiger partial charge on any atom is 0.311 e. The van der Waals surface area contributed by atoms with Gasteiger partial charge in [-0.15, -0.1) is 0 Å². The largest absolute Gasteiger partial charge is 0.452 e. The first kappa shape index (κ1) is 19.5. The van der Waals surface area contributed by atoms with Crippen molar-refractivity contribution in [3.8, 4) is 0 Å². The van der Waals surface area contributed by atoms with Crippen LogP contribution in [0.2, 0.25) is 0 Å². The van der Waals surface area contributed by atoms with E-state index in [-0.39, 0.29) is 17.9 Å². The number of aromatic nitrogens is 4. The van der Waals surface area contributed by atoms with Gasteiger partial charge in [-0.2, -0.15) is 10.1 Å². The zero-order valence-electron chi connectivity index (χ0n) is 17.9. The van der Waals surface area contributed by atoms with Gasteiger partial charge in [-0.25, -0.2) is 9.50 Å². The molecule has 30 heavy (non-hydrogen) atoms. The molecule has 2 aromatic heterocycles. The Bertz CT molecular complexity index is 978.